The molecule has 0 aliphatic heterocycles. The van der Waals surface area contributed by atoms with Gasteiger partial charge in [0.15, 0.2) is 0 Å². The third kappa shape index (κ3) is 5.20. The van der Waals surface area contributed by atoms with Crippen molar-refractivity contribution in [1.29, 1.82) is 0 Å². The van der Waals surface area contributed by atoms with Gasteiger partial charge in [0.05, 0.1) is 6.61 Å². The van der Waals surface area contributed by atoms with E-state index in [0.717, 1.165) is 45.0 Å². The highest BCUT2D eigenvalue weighted by Gasteiger charge is 2.05. The SMILES string of the molecule is CCCOCCN(CC)Cc1ccccc1N. The fourth-order valence-electron chi connectivity index (χ4n) is 1.71. The molecule has 1 aromatic rings. The summed E-state index contributed by atoms with van der Waals surface area (Å²) in [5.74, 6) is 0. The van der Waals surface area contributed by atoms with Crippen molar-refractivity contribution in [2.24, 2.45) is 0 Å². The molecule has 0 saturated carbocycles. The monoisotopic (exact) mass is 236 g/mol. The molecule has 3 heteroatoms. The lowest BCUT2D eigenvalue weighted by Gasteiger charge is -2.21. The van der Waals surface area contributed by atoms with Crippen molar-refractivity contribution in [3.63, 3.8) is 0 Å². The van der Waals surface area contributed by atoms with Gasteiger partial charge in [-0.3, -0.25) is 4.90 Å². The van der Waals surface area contributed by atoms with Crippen molar-refractivity contribution in [1.82, 2.24) is 4.90 Å². The Labute approximate surface area is 105 Å². The highest BCUT2D eigenvalue weighted by Crippen LogP contribution is 2.12. The summed E-state index contributed by atoms with van der Waals surface area (Å²) < 4.78 is 5.51. The van der Waals surface area contributed by atoms with Crippen molar-refractivity contribution in [3.8, 4) is 0 Å². The van der Waals surface area contributed by atoms with E-state index in [4.69, 9.17) is 10.5 Å². The van der Waals surface area contributed by atoms with E-state index < -0.39 is 0 Å². The minimum atomic E-state index is 0.800. The Morgan fingerprint density at radius 3 is 2.59 bits per heavy atom. The van der Waals surface area contributed by atoms with Gasteiger partial charge in [-0.25, -0.2) is 0 Å². The molecule has 0 saturated heterocycles. The van der Waals surface area contributed by atoms with Gasteiger partial charge in [0.2, 0.25) is 0 Å². The van der Waals surface area contributed by atoms with Crippen LogP contribution >= 0.6 is 0 Å². The Morgan fingerprint density at radius 1 is 1.18 bits per heavy atom. The zero-order chi connectivity index (χ0) is 12.5. The number of benzene rings is 1. The second-order valence-electron chi connectivity index (χ2n) is 4.18. The lowest BCUT2D eigenvalue weighted by atomic mass is 10.1. The van der Waals surface area contributed by atoms with E-state index in [2.05, 4.69) is 24.8 Å². The molecule has 0 atom stereocenters. The van der Waals surface area contributed by atoms with Gasteiger partial charge in [-0.05, 0) is 24.6 Å². The summed E-state index contributed by atoms with van der Waals surface area (Å²) in [6, 6.07) is 8.05. The number of rotatable bonds is 8. The number of likely N-dealkylation sites (N-methyl/N-ethyl adjacent to an activating group) is 1. The summed E-state index contributed by atoms with van der Waals surface area (Å²) in [6.45, 7) is 8.83. The molecule has 2 N–H and O–H groups in total. The van der Waals surface area contributed by atoms with Crippen molar-refractivity contribution < 1.29 is 4.74 Å². The van der Waals surface area contributed by atoms with Crippen LogP contribution in [0.25, 0.3) is 0 Å². The molecule has 96 valence electrons. The Hall–Kier alpha value is -1.06. The number of nitrogen functional groups attached to an aromatic ring is 1. The van der Waals surface area contributed by atoms with Crippen molar-refractivity contribution in [2.45, 2.75) is 26.8 Å². The van der Waals surface area contributed by atoms with Crippen LogP contribution in [0.4, 0.5) is 5.69 Å². The molecule has 0 spiro atoms. The summed E-state index contributed by atoms with van der Waals surface area (Å²) >= 11 is 0. The predicted molar refractivity (Wildman–Crippen MR) is 72.9 cm³/mol. The molecule has 0 aliphatic rings. The number of nitrogens with zero attached hydrogens (tertiary/aromatic N) is 1. The summed E-state index contributed by atoms with van der Waals surface area (Å²) in [4.78, 5) is 2.35. The molecule has 1 aromatic carbocycles. The standard InChI is InChI=1S/C14H24N2O/c1-3-10-17-11-9-16(4-2)12-13-7-5-6-8-14(13)15/h5-8H,3-4,9-12,15H2,1-2H3. The number of para-hydroxylation sites is 1. The first kappa shape index (κ1) is 14.0. The fourth-order valence-corrected chi connectivity index (χ4v) is 1.71. The second-order valence-corrected chi connectivity index (χ2v) is 4.18. The molecule has 0 unspecified atom stereocenters. The van der Waals surface area contributed by atoms with Crippen molar-refractivity contribution in [3.05, 3.63) is 29.8 Å². The minimum absolute atomic E-state index is 0.800. The first-order chi connectivity index (χ1) is 8.27. The lowest BCUT2D eigenvalue weighted by Crippen LogP contribution is -2.27. The number of hydrogen-bond acceptors (Lipinski definition) is 3. The second kappa shape index (κ2) is 8.09. The van der Waals surface area contributed by atoms with E-state index in [1.165, 1.54) is 5.56 Å². The number of ether oxygens (including phenoxy) is 1. The van der Waals surface area contributed by atoms with Crippen LogP contribution in [-0.2, 0) is 11.3 Å². The van der Waals surface area contributed by atoms with Crippen LogP contribution < -0.4 is 5.73 Å². The van der Waals surface area contributed by atoms with E-state index in [-0.39, 0.29) is 0 Å². The highest BCUT2D eigenvalue weighted by molar-refractivity contribution is 5.46. The highest BCUT2D eigenvalue weighted by atomic mass is 16.5. The Balaban J connectivity index is 2.38. The van der Waals surface area contributed by atoms with Crippen LogP contribution in [-0.4, -0.2) is 31.2 Å². The van der Waals surface area contributed by atoms with Crippen LogP contribution in [0.1, 0.15) is 25.8 Å². The molecular weight excluding hydrogens is 212 g/mol. The molecule has 0 heterocycles. The van der Waals surface area contributed by atoms with E-state index >= 15 is 0 Å². The summed E-state index contributed by atoms with van der Waals surface area (Å²) in [5.41, 5.74) is 8.02. The predicted octanol–water partition coefficient (Wildman–Crippen LogP) is 2.52. The third-order valence-electron chi connectivity index (χ3n) is 2.80. The third-order valence-corrected chi connectivity index (χ3v) is 2.80. The molecule has 0 aliphatic carbocycles. The molecule has 3 nitrogen and oxygen atoms in total. The van der Waals surface area contributed by atoms with Crippen LogP contribution in [0, 0.1) is 0 Å². The van der Waals surface area contributed by atoms with Crippen LogP contribution in [0.15, 0.2) is 24.3 Å². The van der Waals surface area contributed by atoms with Crippen molar-refractivity contribution in [2.75, 3.05) is 32.0 Å². The number of hydrogen-bond donors (Lipinski definition) is 1. The number of anilines is 1. The lowest BCUT2D eigenvalue weighted by molar-refractivity contribution is 0.104. The largest absolute Gasteiger partial charge is 0.398 e. The average Bonchev–Trinajstić information content (AvgIpc) is 2.35. The maximum Gasteiger partial charge on any atom is 0.0593 e. The van der Waals surface area contributed by atoms with E-state index in [1.54, 1.807) is 0 Å². The van der Waals surface area contributed by atoms with Crippen LogP contribution in [0.3, 0.4) is 0 Å². The summed E-state index contributed by atoms with van der Waals surface area (Å²) in [7, 11) is 0. The van der Waals surface area contributed by atoms with E-state index in [1.807, 2.05) is 18.2 Å². The minimum Gasteiger partial charge on any atom is -0.398 e. The molecule has 17 heavy (non-hydrogen) atoms. The quantitative estimate of drug-likeness (QED) is 0.557. The first-order valence-corrected chi connectivity index (χ1v) is 6.41. The van der Waals surface area contributed by atoms with Crippen molar-refractivity contribution >= 4 is 5.69 Å². The zero-order valence-electron chi connectivity index (χ0n) is 11.0. The molecular formula is C14H24N2O. The molecule has 0 amide bonds. The van der Waals surface area contributed by atoms with Crippen LogP contribution in [0.2, 0.25) is 0 Å². The van der Waals surface area contributed by atoms with Gasteiger partial charge >= 0.3 is 0 Å². The Bertz CT molecular complexity index is 315. The topological polar surface area (TPSA) is 38.5 Å². The summed E-state index contributed by atoms with van der Waals surface area (Å²) in [6.07, 6.45) is 1.08. The molecule has 0 aromatic heterocycles. The normalized spacial score (nSPS) is 11.0. The average molecular weight is 236 g/mol. The maximum atomic E-state index is 5.94. The summed E-state index contributed by atoms with van der Waals surface area (Å²) in [5, 5.41) is 0. The van der Waals surface area contributed by atoms with Gasteiger partial charge in [0.25, 0.3) is 0 Å². The maximum absolute atomic E-state index is 5.94. The van der Waals surface area contributed by atoms with Gasteiger partial charge < -0.3 is 10.5 Å². The van der Waals surface area contributed by atoms with E-state index in [9.17, 15) is 0 Å². The molecule has 0 bridgehead atoms. The molecule has 0 radical (unpaired) electrons. The van der Waals surface area contributed by atoms with E-state index in [0.29, 0.717) is 0 Å². The Morgan fingerprint density at radius 2 is 1.94 bits per heavy atom. The Kier molecular flexibility index (Phi) is 6.67. The van der Waals surface area contributed by atoms with Gasteiger partial charge in [-0.2, -0.15) is 0 Å². The van der Waals surface area contributed by atoms with Crippen LogP contribution in [0.5, 0.6) is 0 Å². The number of nitrogens with two attached hydrogens (primary N) is 1. The fraction of sp³-hybridized carbons (Fsp3) is 0.571. The van der Waals surface area contributed by atoms with Gasteiger partial charge in [-0.15, -0.1) is 0 Å². The smallest absolute Gasteiger partial charge is 0.0593 e. The van der Waals surface area contributed by atoms with Gasteiger partial charge in [0.1, 0.15) is 0 Å². The molecule has 1 rings (SSSR count). The molecule has 0 fully saturated rings. The van der Waals surface area contributed by atoms with Gasteiger partial charge in [0, 0.05) is 25.4 Å². The van der Waals surface area contributed by atoms with Gasteiger partial charge in [-0.1, -0.05) is 32.0 Å². The zero-order valence-corrected chi connectivity index (χ0v) is 11.0. The first-order valence-electron chi connectivity index (χ1n) is 6.41.